The highest BCUT2D eigenvalue weighted by Crippen LogP contribution is 2.39. The van der Waals surface area contributed by atoms with Gasteiger partial charge in [0.2, 0.25) is 0 Å². The van der Waals surface area contributed by atoms with Crippen molar-refractivity contribution in [1.29, 1.82) is 0 Å². The summed E-state index contributed by atoms with van der Waals surface area (Å²) >= 11 is 7.96. The van der Waals surface area contributed by atoms with Crippen LogP contribution in [0.5, 0.6) is 11.5 Å². The molecule has 0 fully saturated rings. The first-order valence-corrected chi connectivity index (χ1v) is 9.64. The van der Waals surface area contributed by atoms with Crippen LogP contribution in [0.3, 0.4) is 0 Å². The van der Waals surface area contributed by atoms with Gasteiger partial charge in [-0.15, -0.1) is 10.2 Å². The fraction of sp³-hybridized carbons (Fsp3) is 0.333. The topological polar surface area (TPSA) is 62.3 Å². The first-order valence-electron chi connectivity index (χ1n) is 8.28. The Morgan fingerprint density at radius 2 is 2.08 bits per heavy atom. The van der Waals surface area contributed by atoms with Crippen molar-refractivity contribution in [3.63, 3.8) is 0 Å². The van der Waals surface area contributed by atoms with Crippen LogP contribution >= 0.6 is 23.4 Å². The normalized spacial score (nSPS) is 13.7. The van der Waals surface area contributed by atoms with Gasteiger partial charge in [-0.05, 0) is 30.7 Å². The Morgan fingerprint density at radius 1 is 1.23 bits per heavy atom. The number of hydrogen-bond acceptors (Lipinski definition) is 6. The maximum atomic E-state index is 6.36. The summed E-state index contributed by atoms with van der Waals surface area (Å²) in [5.74, 6) is 3.65. The van der Waals surface area contributed by atoms with Crippen LogP contribution in [0.15, 0.2) is 34.0 Å². The van der Waals surface area contributed by atoms with Crippen LogP contribution in [0.1, 0.15) is 17.7 Å². The largest absolute Gasteiger partial charge is 0.489 e. The Balaban J connectivity index is 1.53. The van der Waals surface area contributed by atoms with Crippen LogP contribution in [-0.2, 0) is 12.8 Å². The molecule has 6 nitrogen and oxygen atoms in total. The summed E-state index contributed by atoms with van der Waals surface area (Å²) in [7, 11) is 1.95. The Bertz CT molecular complexity index is 938. The van der Waals surface area contributed by atoms with E-state index in [0.717, 1.165) is 34.3 Å². The molecule has 8 heteroatoms. The van der Waals surface area contributed by atoms with Gasteiger partial charge in [0.05, 0.1) is 30.1 Å². The van der Waals surface area contributed by atoms with E-state index >= 15 is 0 Å². The van der Waals surface area contributed by atoms with Gasteiger partial charge in [0.15, 0.2) is 22.5 Å². The maximum Gasteiger partial charge on any atom is 0.191 e. The fourth-order valence-electron chi connectivity index (χ4n) is 2.81. The highest BCUT2D eigenvalue weighted by Gasteiger charge is 2.18. The number of halogens is 1. The first kappa shape index (κ1) is 17.3. The van der Waals surface area contributed by atoms with Gasteiger partial charge in [-0.3, -0.25) is 0 Å². The number of thioether (sulfide) groups is 1. The summed E-state index contributed by atoms with van der Waals surface area (Å²) in [6.07, 6.45) is 2.51. The lowest BCUT2D eigenvalue weighted by Crippen LogP contribution is -1.97. The van der Waals surface area contributed by atoms with Crippen LogP contribution in [0, 0.1) is 6.92 Å². The van der Waals surface area contributed by atoms with Gasteiger partial charge < -0.3 is 18.5 Å². The molecule has 0 saturated heterocycles. The molecule has 0 spiro atoms. The minimum atomic E-state index is 0.577. The zero-order valence-electron chi connectivity index (χ0n) is 14.5. The molecule has 3 heterocycles. The van der Waals surface area contributed by atoms with E-state index in [0.29, 0.717) is 35.5 Å². The van der Waals surface area contributed by atoms with E-state index in [9.17, 15) is 0 Å². The zero-order valence-corrected chi connectivity index (χ0v) is 16.1. The third-order valence-corrected chi connectivity index (χ3v) is 5.54. The van der Waals surface area contributed by atoms with Gasteiger partial charge >= 0.3 is 0 Å². The molecule has 3 aromatic rings. The number of ether oxygens (including phenoxy) is 2. The molecule has 1 aliphatic heterocycles. The van der Waals surface area contributed by atoms with Crippen LogP contribution < -0.4 is 9.47 Å². The van der Waals surface area contributed by atoms with Crippen molar-refractivity contribution < 1.29 is 13.9 Å². The second-order valence-electron chi connectivity index (χ2n) is 6.00. The Kier molecular flexibility index (Phi) is 4.82. The lowest BCUT2D eigenvalue weighted by Gasteiger charge is -2.11. The molecule has 1 aromatic carbocycles. The summed E-state index contributed by atoms with van der Waals surface area (Å²) < 4.78 is 18.7. The molecule has 26 heavy (non-hydrogen) atoms. The van der Waals surface area contributed by atoms with E-state index in [1.165, 1.54) is 0 Å². The molecule has 0 radical (unpaired) electrons. The average Bonchev–Trinajstić information content (AvgIpc) is 3.10. The maximum absolute atomic E-state index is 6.36. The molecular weight excluding hydrogens is 374 g/mol. The number of nitrogens with zero attached hydrogens (tertiary/aromatic N) is 3. The molecule has 0 saturated carbocycles. The van der Waals surface area contributed by atoms with Crippen molar-refractivity contribution in [3.05, 3.63) is 40.8 Å². The summed E-state index contributed by atoms with van der Waals surface area (Å²) in [6.45, 7) is 3.17. The van der Waals surface area contributed by atoms with Crippen LogP contribution in [0.25, 0.3) is 11.4 Å². The third-order valence-electron chi connectivity index (χ3n) is 4.16. The third kappa shape index (κ3) is 3.29. The van der Waals surface area contributed by atoms with Crippen molar-refractivity contribution in [3.8, 4) is 22.9 Å². The molecule has 0 bridgehead atoms. The zero-order chi connectivity index (χ0) is 18.1. The fourth-order valence-corrected chi connectivity index (χ4v) is 3.94. The van der Waals surface area contributed by atoms with Gasteiger partial charge in [-0.1, -0.05) is 23.4 Å². The number of fused-ring (bicyclic) bond motifs is 1. The quantitative estimate of drug-likeness (QED) is 0.610. The van der Waals surface area contributed by atoms with Crippen molar-refractivity contribution in [2.75, 3.05) is 13.2 Å². The van der Waals surface area contributed by atoms with Gasteiger partial charge in [-0.2, -0.15) is 0 Å². The monoisotopic (exact) mass is 391 g/mol. The summed E-state index contributed by atoms with van der Waals surface area (Å²) in [6, 6.07) is 5.80. The van der Waals surface area contributed by atoms with Crippen LogP contribution in [0.4, 0.5) is 0 Å². The predicted molar refractivity (Wildman–Crippen MR) is 100 cm³/mol. The second-order valence-corrected chi connectivity index (χ2v) is 7.35. The molecule has 0 atom stereocenters. The molecule has 136 valence electrons. The predicted octanol–water partition coefficient (Wildman–Crippen LogP) is 4.49. The molecular formula is C18H18ClN3O3S. The molecule has 0 aliphatic carbocycles. The lowest BCUT2D eigenvalue weighted by molar-refractivity contribution is 0.297. The minimum absolute atomic E-state index is 0.577. The molecule has 0 unspecified atom stereocenters. The van der Waals surface area contributed by atoms with Crippen LogP contribution in [0.2, 0.25) is 5.02 Å². The Hall–Kier alpha value is -2.12. The molecule has 2 aromatic heterocycles. The van der Waals surface area contributed by atoms with Gasteiger partial charge in [-0.25, -0.2) is 0 Å². The van der Waals surface area contributed by atoms with E-state index < -0.39 is 0 Å². The van der Waals surface area contributed by atoms with E-state index in [1.54, 1.807) is 18.0 Å². The highest BCUT2D eigenvalue weighted by molar-refractivity contribution is 7.98. The van der Waals surface area contributed by atoms with Gasteiger partial charge in [0, 0.05) is 19.2 Å². The van der Waals surface area contributed by atoms with Crippen molar-refractivity contribution in [2.45, 2.75) is 24.3 Å². The summed E-state index contributed by atoms with van der Waals surface area (Å²) in [5.41, 5.74) is 2.00. The van der Waals surface area contributed by atoms with E-state index in [-0.39, 0.29) is 0 Å². The standard InChI is InChI=1S/C18H18ClN3O3S/c1-11-13(4-7-23-11)17-20-21-18(22(17)2)26-10-12-8-14(19)16-15(9-12)24-5-3-6-25-16/h4,7-9H,3,5-6,10H2,1-2H3. The average molecular weight is 392 g/mol. The minimum Gasteiger partial charge on any atom is -0.489 e. The number of benzene rings is 1. The van der Waals surface area contributed by atoms with E-state index in [1.807, 2.05) is 36.7 Å². The molecule has 0 N–H and O–H groups in total. The summed E-state index contributed by atoms with van der Waals surface area (Å²) in [5, 5.41) is 9.99. The molecule has 0 amide bonds. The molecule has 1 aliphatic rings. The Morgan fingerprint density at radius 3 is 2.88 bits per heavy atom. The van der Waals surface area contributed by atoms with Crippen LogP contribution in [-0.4, -0.2) is 28.0 Å². The SMILES string of the molecule is Cc1occc1-c1nnc(SCc2cc(Cl)c3c(c2)OCCCO3)n1C. The van der Waals surface area contributed by atoms with Gasteiger partial charge in [0.25, 0.3) is 0 Å². The first-order chi connectivity index (χ1) is 12.6. The number of rotatable bonds is 4. The number of furan rings is 1. The smallest absolute Gasteiger partial charge is 0.191 e. The molecule has 4 rings (SSSR count). The van der Waals surface area contributed by atoms with Crippen molar-refractivity contribution in [1.82, 2.24) is 14.8 Å². The number of aromatic nitrogens is 3. The second kappa shape index (κ2) is 7.25. The Labute approximate surface area is 160 Å². The number of aryl methyl sites for hydroxylation is 1. The van der Waals surface area contributed by atoms with Crippen molar-refractivity contribution in [2.24, 2.45) is 7.05 Å². The van der Waals surface area contributed by atoms with Crippen molar-refractivity contribution >= 4 is 23.4 Å². The van der Waals surface area contributed by atoms with E-state index in [4.69, 9.17) is 25.5 Å². The van der Waals surface area contributed by atoms with Gasteiger partial charge in [0.1, 0.15) is 5.76 Å². The summed E-state index contributed by atoms with van der Waals surface area (Å²) in [4.78, 5) is 0. The lowest BCUT2D eigenvalue weighted by atomic mass is 10.2. The highest BCUT2D eigenvalue weighted by atomic mass is 35.5. The number of hydrogen-bond donors (Lipinski definition) is 0. The van der Waals surface area contributed by atoms with E-state index in [2.05, 4.69) is 10.2 Å².